The Hall–Kier alpha value is -2.57. The summed E-state index contributed by atoms with van der Waals surface area (Å²) in [6.45, 7) is 4.76. The SMILES string of the molecule is O=C(NCCN1CCOCC1)Nc1ccccc1Oc1ccccc1. The van der Waals surface area contributed by atoms with E-state index in [0.29, 0.717) is 18.0 Å². The number of hydrogen-bond acceptors (Lipinski definition) is 4. The fourth-order valence-electron chi connectivity index (χ4n) is 2.59. The first-order valence-corrected chi connectivity index (χ1v) is 8.48. The lowest BCUT2D eigenvalue weighted by Gasteiger charge is -2.26. The molecule has 1 aliphatic heterocycles. The zero-order chi connectivity index (χ0) is 17.3. The normalized spacial score (nSPS) is 14.7. The van der Waals surface area contributed by atoms with Gasteiger partial charge in [-0.2, -0.15) is 0 Å². The average molecular weight is 341 g/mol. The largest absolute Gasteiger partial charge is 0.455 e. The van der Waals surface area contributed by atoms with Crippen molar-refractivity contribution in [2.45, 2.75) is 0 Å². The van der Waals surface area contributed by atoms with Crippen LogP contribution < -0.4 is 15.4 Å². The molecule has 0 atom stereocenters. The molecule has 2 aromatic rings. The van der Waals surface area contributed by atoms with Crippen LogP contribution in [0.15, 0.2) is 54.6 Å². The summed E-state index contributed by atoms with van der Waals surface area (Å²) in [6.07, 6.45) is 0. The van der Waals surface area contributed by atoms with Gasteiger partial charge < -0.3 is 20.1 Å². The number of amides is 2. The highest BCUT2D eigenvalue weighted by molar-refractivity contribution is 5.90. The van der Waals surface area contributed by atoms with Crippen LogP contribution in [0, 0.1) is 0 Å². The lowest BCUT2D eigenvalue weighted by Crippen LogP contribution is -2.42. The summed E-state index contributed by atoms with van der Waals surface area (Å²) in [5, 5.41) is 5.73. The van der Waals surface area contributed by atoms with Gasteiger partial charge in [-0.15, -0.1) is 0 Å². The number of rotatable bonds is 6. The van der Waals surface area contributed by atoms with Gasteiger partial charge in [-0.25, -0.2) is 4.79 Å². The second-order valence-corrected chi connectivity index (χ2v) is 5.75. The highest BCUT2D eigenvalue weighted by atomic mass is 16.5. The molecule has 6 heteroatoms. The van der Waals surface area contributed by atoms with Crippen LogP contribution in [-0.2, 0) is 4.74 Å². The van der Waals surface area contributed by atoms with Gasteiger partial charge in [0.1, 0.15) is 5.75 Å². The third-order valence-electron chi connectivity index (χ3n) is 3.92. The fraction of sp³-hybridized carbons (Fsp3) is 0.316. The number of carbonyl (C=O) groups is 1. The molecular weight excluding hydrogens is 318 g/mol. The molecule has 0 unspecified atom stereocenters. The van der Waals surface area contributed by atoms with Crippen LogP contribution in [0.5, 0.6) is 11.5 Å². The molecule has 0 bridgehead atoms. The molecule has 3 rings (SSSR count). The van der Waals surface area contributed by atoms with E-state index in [1.54, 1.807) is 0 Å². The van der Waals surface area contributed by atoms with Crippen molar-refractivity contribution < 1.29 is 14.3 Å². The molecule has 132 valence electrons. The number of hydrogen-bond donors (Lipinski definition) is 2. The van der Waals surface area contributed by atoms with Gasteiger partial charge in [0.25, 0.3) is 0 Å². The van der Waals surface area contributed by atoms with Crippen molar-refractivity contribution in [3.8, 4) is 11.5 Å². The number of carbonyl (C=O) groups excluding carboxylic acids is 1. The molecule has 0 spiro atoms. The lowest BCUT2D eigenvalue weighted by molar-refractivity contribution is 0.0388. The first kappa shape index (κ1) is 17.3. The van der Waals surface area contributed by atoms with E-state index in [9.17, 15) is 4.79 Å². The van der Waals surface area contributed by atoms with Gasteiger partial charge in [-0.1, -0.05) is 30.3 Å². The van der Waals surface area contributed by atoms with E-state index in [4.69, 9.17) is 9.47 Å². The second-order valence-electron chi connectivity index (χ2n) is 5.75. The topological polar surface area (TPSA) is 62.8 Å². The summed E-state index contributed by atoms with van der Waals surface area (Å²) >= 11 is 0. The summed E-state index contributed by atoms with van der Waals surface area (Å²) in [7, 11) is 0. The minimum absolute atomic E-state index is 0.239. The van der Waals surface area contributed by atoms with E-state index < -0.39 is 0 Å². The van der Waals surface area contributed by atoms with E-state index in [2.05, 4.69) is 15.5 Å². The van der Waals surface area contributed by atoms with E-state index in [0.717, 1.165) is 38.6 Å². The number of nitrogens with one attached hydrogen (secondary N) is 2. The number of urea groups is 1. The number of para-hydroxylation sites is 3. The zero-order valence-electron chi connectivity index (χ0n) is 14.1. The summed E-state index contributed by atoms with van der Waals surface area (Å²) in [5.41, 5.74) is 0.634. The summed E-state index contributed by atoms with van der Waals surface area (Å²) in [6, 6.07) is 16.6. The van der Waals surface area contributed by atoms with E-state index in [1.165, 1.54) is 0 Å². The van der Waals surface area contributed by atoms with Crippen LogP contribution in [0.3, 0.4) is 0 Å². The van der Waals surface area contributed by atoms with Crippen LogP contribution in [0.4, 0.5) is 10.5 Å². The predicted octanol–water partition coefficient (Wildman–Crippen LogP) is 2.93. The minimum Gasteiger partial charge on any atom is -0.455 e. The molecule has 0 aliphatic carbocycles. The lowest BCUT2D eigenvalue weighted by atomic mass is 10.3. The number of anilines is 1. The van der Waals surface area contributed by atoms with Gasteiger partial charge in [0.05, 0.1) is 18.9 Å². The van der Waals surface area contributed by atoms with E-state index >= 15 is 0 Å². The molecular formula is C19H23N3O3. The molecule has 0 radical (unpaired) electrons. The monoisotopic (exact) mass is 341 g/mol. The van der Waals surface area contributed by atoms with Crippen molar-refractivity contribution in [2.24, 2.45) is 0 Å². The van der Waals surface area contributed by atoms with Crippen molar-refractivity contribution in [2.75, 3.05) is 44.7 Å². The molecule has 1 saturated heterocycles. The van der Waals surface area contributed by atoms with Crippen LogP contribution in [0.25, 0.3) is 0 Å². The minimum atomic E-state index is -0.239. The Morgan fingerprint density at radius 2 is 1.76 bits per heavy atom. The zero-order valence-corrected chi connectivity index (χ0v) is 14.1. The molecule has 1 aliphatic rings. The standard InChI is InChI=1S/C19H23N3O3/c23-19(20-10-11-22-12-14-24-15-13-22)21-17-8-4-5-9-18(17)25-16-6-2-1-3-7-16/h1-9H,10-15H2,(H2,20,21,23). The van der Waals surface area contributed by atoms with Gasteiger partial charge in [-0.05, 0) is 24.3 Å². The number of ether oxygens (including phenoxy) is 2. The number of nitrogens with zero attached hydrogens (tertiary/aromatic N) is 1. The fourth-order valence-corrected chi connectivity index (χ4v) is 2.59. The van der Waals surface area contributed by atoms with Crippen LogP contribution in [0.1, 0.15) is 0 Å². The molecule has 1 heterocycles. The van der Waals surface area contributed by atoms with Crippen molar-refractivity contribution in [3.63, 3.8) is 0 Å². The Balaban J connectivity index is 1.50. The van der Waals surface area contributed by atoms with Gasteiger partial charge in [-0.3, -0.25) is 4.90 Å². The molecule has 0 aromatic heterocycles. The predicted molar refractivity (Wildman–Crippen MR) is 97.2 cm³/mol. The van der Waals surface area contributed by atoms with Gasteiger partial charge in [0.2, 0.25) is 0 Å². The van der Waals surface area contributed by atoms with Crippen LogP contribution >= 0.6 is 0 Å². The number of morpholine rings is 1. The van der Waals surface area contributed by atoms with E-state index in [1.807, 2.05) is 54.6 Å². The second kappa shape index (κ2) is 9.05. The Kier molecular flexibility index (Phi) is 6.25. The van der Waals surface area contributed by atoms with Crippen molar-refractivity contribution in [1.82, 2.24) is 10.2 Å². The Morgan fingerprint density at radius 1 is 1.04 bits per heavy atom. The van der Waals surface area contributed by atoms with Crippen molar-refractivity contribution >= 4 is 11.7 Å². The maximum absolute atomic E-state index is 12.1. The number of benzene rings is 2. The molecule has 1 fully saturated rings. The first-order chi connectivity index (χ1) is 12.3. The molecule has 6 nitrogen and oxygen atoms in total. The highest BCUT2D eigenvalue weighted by Crippen LogP contribution is 2.28. The van der Waals surface area contributed by atoms with Crippen LogP contribution in [0.2, 0.25) is 0 Å². The summed E-state index contributed by atoms with van der Waals surface area (Å²) in [4.78, 5) is 14.4. The molecule has 0 saturated carbocycles. The van der Waals surface area contributed by atoms with Gasteiger partial charge in [0.15, 0.2) is 5.75 Å². The summed E-state index contributed by atoms with van der Waals surface area (Å²) < 4.78 is 11.2. The van der Waals surface area contributed by atoms with Crippen LogP contribution in [-0.4, -0.2) is 50.3 Å². The van der Waals surface area contributed by atoms with E-state index in [-0.39, 0.29) is 6.03 Å². The molecule has 2 N–H and O–H groups in total. The van der Waals surface area contributed by atoms with Crippen molar-refractivity contribution in [3.05, 3.63) is 54.6 Å². The van der Waals surface area contributed by atoms with Gasteiger partial charge in [0, 0.05) is 26.2 Å². The smallest absolute Gasteiger partial charge is 0.319 e. The molecule has 2 aromatic carbocycles. The summed E-state index contributed by atoms with van der Waals surface area (Å²) in [5.74, 6) is 1.33. The third-order valence-corrected chi connectivity index (χ3v) is 3.92. The van der Waals surface area contributed by atoms with Crippen molar-refractivity contribution in [1.29, 1.82) is 0 Å². The Morgan fingerprint density at radius 3 is 2.56 bits per heavy atom. The quantitative estimate of drug-likeness (QED) is 0.848. The Bertz CT molecular complexity index is 673. The third kappa shape index (κ3) is 5.48. The maximum atomic E-state index is 12.1. The molecule has 2 amide bonds. The maximum Gasteiger partial charge on any atom is 0.319 e. The highest BCUT2D eigenvalue weighted by Gasteiger charge is 2.11. The molecule has 25 heavy (non-hydrogen) atoms. The van der Waals surface area contributed by atoms with Gasteiger partial charge >= 0.3 is 6.03 Å². The average Bonchev–Trinajstić information content (AvgIpc) is 2.65. The first-order valence-electron chi connectivity index (χ1n) is 8.48. The Labute approximate surface area is 147 Å².